The summed E-state index contributed by atoms with van der Waals surface area (Å²) < 4.78 is 0. The van der Waals surface area contributed by atoms with Crippen molar-refractivity contribution in [2.24, 2.45) is 0 Å². The summed E-state index contributed by atoms with van der Waals surface area (Å²) in [6.45, 7) is 7.52. The molecule has 1 aromatic rings. The number of halogens is 1. The topological polar surface area (TPSA) is 44.4 Å². The van der Waals surface area contributed by atoms with Crippen molar-refractivity contribution in [3.63, 3.8) is 0 Å². The van der Waals surface area contributed by atoms with E-state index in [0.717, 1.165) is 42.3 Å². The Bertz CT molecular complexity index is 492. The van der Waals surface area contributed by atoms with Crippen LogP contribution in [0.25, 0.3) is 0 Å². The van der Waals surface area contributed by atoms with Crippen LogP contribution in [0, 0.1) is 0 Å². The van der Waals surface area contributed by atoms with Crippen molar-refractivity contribution in [1.29, 1.82) is 0 Å². The minimum Gasteiger partial charge on any atom is -0.369 e. The molecular formula is C16H24ClN3O. The molecule has 1 aromatic carbocycles. The van der Waals surface area contributed by atoms with Gasteiger partial charge in [-0.25, -0.2) is 0 Å². The summed E-state index contributed by atoms with van der Waals surface area (Å²) in [6, 6.07) is 6.45. The van der Waals surface area contributed by atoms with Crippen molar-refractivity contribution in [3.8, 4) is 0 Å². The fourth-order valence-electron chi connectivity index (χ4n) is 2.56. The van der Waals surface area contributed by atoms with Crippen LogP contribution in [0.15, 0.2) is 18.2 Å². The summed E-state index contributed by atoms with van der Waals surface area (Å²) in [5, 5.41) is 7.12. The largest absolute Gasteiger partial charge is 0.369 e. The maximum atomic E-state index is 11.4. The summed E-state index contributed by atoms with van der Waals surface area (Å²) in [4.78, 5) is 13.6. The predicted molar refractivity (Wildman–Crippen MR) is 88.0 cm³/mol. The lowest BCUT2D eigenvalue weighted by molar-refractivity contribution is -0.120. The van der Waals surface area contributed by atoms with Gasteiger partial charge in [0.1, 0.15) is 0 Å². The first-order valence-corrected chi connectivity index (χ1v) is 8.04. The van der Waals surface area contributed by atoms with Gasteiger partial charge in [0, 0.05) is 42.8 Å². The Kier molecular flexibility index (Phi) is 5.88. The fraction of sp³-hybridized carbons (Fsp3) is 0.562. The van der Waals surface area contributed by atoms with E-state index in [2.05, 4.69) is 41.5 Å². The Morgan fingerprint density at radius 3 is 2.95 bits per heavy atom. The van der Waals surface area contributed by atoms with Gasteiger partial charge in [0.2, 0.25) is 5.91 Å². The van der Waals surface area contributed by atoms with Crippen molar-refractivity contribution in [3.05, 3.63) is 28.8 Å². The molecular weight excluding hydrogens is 286 g/mol. The van der Waals surface area contributed by atoms with Gasteiger partial charge in [-0.2, -0.15) is 0 Å². The summed E-state index contributed by atoms with van der Waals surface area (Å²) >= 11 is 6.44. The number of amides is 1. The van der Waals surface area contributed by atoms with Crippen molar-refractivity contribution in [1.82, 2.24) is 10.6 Å². The van der Waals surface area contributed by atoms with Crippen LogP contribution in [0.5, 0.6) is 0 Å². The summed E-state index contributed by atoms with van der Waals surface area (Å²) in [5.41, 5.74) is 2.21. The van der Waals surface area contributed by atoms with E-state index in [9.17, 15) is 4.79 Å². The van der Waals surface area contributed by atoms with Crippen LogP contribution in [-0.4, -0.2) is 32.1 Å². The van der Waals surface area contributed by atoms with Gasteiger partial charge in [-0.3, -0.25) is 4.79 Å². The summed E-state index contributed by atoms with van der Waals surface area (Å²) in [6.07, 6.45) is 1.64. The van der Waals surface area contributed by atoms with E-state index in [0.29, 0.717) is 13.0 Å². The standard InChI is InChI=1S/C16H24ClN3O/c1-3-7-18-12(2)14-5-4-13(11-15(14)17)20-9-6-16(21)19-8-10-20/h4-5,11-12,18H,3,6-10H2,1-2H3,(H,19,21). The first-order chi connectivity index (χ1) is 10.1. The third-order valence-corrected chi connectivity index (χ3v) is 4.16. The van der Waals surface area contributed by atoms with Gasteiger partial charge in [-0.05, 0) is 37.6 Å². The fourth-order valence-corrected chi connectivity index (χ4v) is 2.90. The molecule has 1 amide bonds. The number of nitrogens with zero attached hydrogens (tertiary/aromatic N) is 1. The Hall–Kier alpha value is -1.26. The molecule has 0 bridgehead atoms. The molecule has 0 aliphatic carbocycles. The highest BCUT2D eigenvalue weighted by atomic mass is 35.5. The van der Waals surface area contributed by atoms with Crippen LogP contribution in [0.4, 0.5) is 5.69 Å². The van der Waals surface area contributed by atoms with Crippen LogP contribution in [0.2, 0.25) is 5.02 Å². The molecule has 1 saturated heterocycles. The predicted octanol–water partition coefficient (Wildman–Crippen LogP) is 2.73. The molecule has 21 heavy (non-hydrogen) atoms. The van der Waals surface area contributed by atoms with E-state index in [1.807, 2.05) is 6.07 Å². The lowest BCUT2D eigenvalue weighted by atomic mass is 10.1. The number of rotatable bonds is 5. The molecule has 1 atom stereocenters. The molecule has 116 valence electrons. The van der Waals surface area contributed by atoms with Crippen LogP contribution >= 0.6 is 11.6 Å². The van der Waals surface area contributed by atoms with Crippen molar-refractivity contribution in [2.75, 3.05) is 31.1 Å². The summed E-state index contributed by atoms with van der Waals surface area (Å²) in [5.74, 6) is 0.123. The molecule has 0 radical (unpaired) electrons. The molecule has 1 aliphatic rings. The van der Waals surface area contributed by atoms with E-state index in [-0.39, 0.29) is 11.9 Å². The maximum absolute atomic E-state index is 11.4. The van der Waals surface area contributed by atoms with E-state index in [1.165, 1.54) is 0 Å². The van der Waals surface area contributed by atoms with Gasteiger partial charge in [0.15, 0.2) is 0 Å². The van der Waals surface area contributed by atoms with E-state index < -0.39 is 0 Å². The minimum absolute atomic E-state index is 0.123. The number of anilines is 1. The Morgan fingerprint density at radius 1 is 1.43 bits per heavy atom. The van der Waals surface area contributed by atoms with Crippen LogP contribution < -0.4 is 15.5 Å². The molecule has 1 aliphatic heterocycles. The zero-order valence-corrected chi connectivity index (χ0v) is 13.5. The Labute approximate surface area is 131 Å². The third-order valence-electron chi connectivity index (χ3n) is 3.83. The highest BCUT2D eigenvalue weighted by Gasteiger charge is 2.16. The Balaban J connectivity index is 2.09. The first kappa shape index (κ1) is 16.1. The average Bonchev–Trinajstić information content (AvgIpc) is 2.69. The normalized spacial score (nSPS) is 17.3. The molecule has 1 heterocycles. The van der Waals surface area contributed by atoms with Gasteiger partial charge >= 0.3 is 0 Å². The van der Waals surface area contributed by atoms with Gasteiger partial charge in [0.05, 0.1) is 0 Å². The lowest BCUT2D eigenvalue weighted by Crippen LogP contribution is -2.28. The zero-order chi connectivity index (χ0) is 15.2. The maximum Gasteiger partial charge on any atom is 0.221 e. The van der Waals surface area contributed by atoms with Crippen LogP contribution in [0.3, 0.4) is 0 Å². The van der Waals surface area contributed by atoms with Crippen LogP contribution in [0.1, 0.15) is 38.3 Å². The molecule has 1 fully saturated rings. The molecule has 0 saturated carbocycles. The molecule has 2 N–H and O–H groups in total. The van der Waals surface area contributed by atoms with Gasteiger partial charge in [0.25, 0.3) is 0 Å². The third kappa shape index (κ3) is 4.35. The highest BCUT2D eigenvalue weighted by molar-refractivity contribution is 6.31. The zero-order valence-electron chi connectivity index (χ0n) is 12.8. The number of nitrogens with one attached hydrogen (secondary N) is 2. The number of hydrogen-bond acceptors (Lipinski definition) is 3. The molecule has 2 rings (SSSR count). The quantitative estimate of drug-likeness (QED) is 0.879. The van der Waals surface area contributed by atoms with Crippen molar-refractivity contribution < 1.29 is 4.79 Å². The van der Waals surface area contributed by atoms with Gasteiger partial charge < -0.3 is 15.5 Å². The molecule has 1 unspecified atom stereocenters. The second kappa shape index (κ2) is 7.66. The van der Waals surface area contributed by atoms with Crippen LogP contribution in [-0.2, 0) is 4.79 Å². The van der Waals surface area contributed by atoms with E-state index in [4.69, 9.17) is 11.6 Å². The molecule has 0 aromatic heterocycles. The van der Waals surface area contributed by atoms with Gasteiger partial charge in [-0.15, -0.1) is 0 Å². The minimum atomic E-state index is 0.123. The lowest BCUT2D eigenvalue weighted by Gasteiger charge is -2.23. The highest BCUT2D eigenvalue weighted by Crippen LogP contribution is 2.28. The van der Waals surface area contributed by atoms with E-state index >= 15 is 0 Å². The van der Waals surface area contributed by atoms with E-state index in [1.54, 1.807) is 0 Å². The molecule has 4 nitrogen and oxygen atoms in total. The summed E-state index contributed by atoms with van der Waals surface area (Å²) in [7, 11) is 0. The second-order valence-electron chi connectivity index (χ2n) is 5.47. The number of carbonyl (C=O) groups is 1. The average molecular weight is 310 g/mol. The smallest absolute Gasteiger partial charge is 0.221 e. The molecule has 5 heteroatoms. The number of carbonyl (C=O) groups excluding carboxylic acids is 1. The van der Waals surface area contributed by atoms with Gasteiger partial charge in [-0.1, -0.05) is 24.6 Å². The number of benzene rings is 1. The monoisotopic (exact) mass is 309 g/mol. The SMILES string of the molecule is CCCNC(C)c1ccc(N2CCNC(=O)CC2)cc1Cl. The Morgan fingerprint density at radius 2 is 2.24 bits per heavy atom. The van der Waals surface area contributed by atoms with Crippen molar-refractivity contribution >= 4 is 23.2 Å². The van der Waals surface area contributed by atoms with Crippen molar-refractivity contribution in [2.45, 2.75) is 32.7 Å². The first-order valence-electron chi connectivity index (χ1n) is 7.66. The molecule has 0 spiro atoms. The second-order valence-corrected chi connectivity index (χ2v) is 5.88. The number of hydrogen-bond donors (Lipinski definition) is 2.